The molecule has 1 saturated carbocycles. The molecule has 1 saturated heterocycles. The molecule has 6 heteroatoms. The van der Waals surface area contributed by atoms with Crippen molar-refractivity contribution in [2.45, 2.75) is 44.2 Å². The highest BCUT2D eigenvalue weighted by atomic mass is 16.7. The normalized spacial score (nSPS) is 26.9. The van der Waals surface area contributed by atoms with Crippen LogP contribution in [0.3, 0.4) is 0 Å². The zero-order valence-corrected chi connectivity index (χ0v) is 13.9. The number of hydrogen-bond donors (Lipinski definition) is 1. The van der Waals surface area contributed by atoms with Crippen molar-refractivity contribution >= 4 is 11.6 Å². The Morgan fingerprint density at radius 1 is 1.46 bits per heavy atom. The van der Waals surface area contributed by atoms with Crippen LogP contribution in [-0.2, 0) is 16.2 Å². The number of oxime groups is 1. The van der Waals surface area contributed by atoms with Crippen LogP contribution in [0.5, 0.6) is 0 Å². The average molecular weight is 328 g/mol. The van der Waals surface area contributed by atoms with Gasteiger partial charge in [-0.2, -0.15) is 0 Å². The molecule has 1 unspecified atom stereocenters. The van der Waals surface area contributed by atoms with Crippen LogP contribution in [0, 0.1) is 5.92 Å². The molecular formula is C18H24N4O2. The van der Waals surface area contributed by atoms with Gasteiger partial charge in [0, 0.05) is 51.4 Å². The summed E-state index contributed by atoms with van der Waals surface area (Å²) >= 11 is 0. The molecule has 0 aromatic carbocycles. The summed E-state index contributed by atoms with van der Waals surface area (Å²) in [5, 5.41) is 7.00. The fourth-order valence-corrected chi connectivity index (χ4v) is 3.77. The lowest BCUT2D eigenvalue weighted by molar-refractivity contribution is -0.115. The second-order valence-corrected chi connectivity index (χ2v) is 7.32. The molecule has 3 aliphatic rings. The van der Waals surface area contributed by atoms with Crippen LogP contribution in [0.2, 0.25) is 0 Å². The summed E-state index contributed by atoms with van der Waals surface area (Å²) in [7, 11) is 0. The lowest BCUT2D eigenvalue weighted by Gasteiger charge is -2.30. The van der Waals surface area contributed by atoms with Gasteiger partial charge in [0.1, 0.15) is 5.71 Å². The van der Waals surface area contributed by atoms with E-state index in [9.17, 15) is 4.79 Å². The molecule has 1 aromatic rings. The van der Waals surface area contributed by atoms with E-state index in [0.29, 0.717) is 18.7 Å². The first kappa shape index (κ1) is 15.6. The Morgan fingerprint density at radius 2 is 2.38 bits per heavy atom. The molecule has 1 atom stereocenters. The van der Waals surface area contributed by atoms with E-state index >= 15 is 0 Å². The molecule has 3 heterocycles. The lowest BCUT2D eigenvalue weighted by atomic mass is 9.85. The van der Waals surface area contributed by atoms with E-state index in [1.165, 1.54) is 25.8 Å². The number of hydrogen-bond acceptors (Lipinski definition) is 5. The number of nitrogens with one attached hydrogen (secondary N) is 1. The molecule has 1 N–H and O–H groups in total. The van der Waals surface area contributed by atoms with Gasteiger partial charge in [-0.15, -0.1) is 0 Å². The van der Waals surface area contributed by atoms with Crippen LogP contribution in [0.15, 0.2) is 29.7 Å². The fourth-order valence-electron chi connectivity index (χ4n) is 3.77. The Labute approximate surface area is 142 Å². The molecular weight excluding hydrogens is 304 g/mol. The highest BCUT2D eigenvalue weighted by molar-refractivity contribution is 6.39. The Hall–Kier alpha value is -1.95. The predicted octanol–water partition coefficient (Wildman–Crippen LogP) is 1.72. The van der Waals surface area contributed by atoms with E-state index in [1.54, 1.807) is 12.4 Å². The summed E-state index contributed by atoms with van der Waals surface area (Å²) in [6.45, 7) is 3.59. The number of aromatic nitrogens is 1. The first-order valence-electron chi connectivity index (χ1n) is 8.87. The number of pyridine rings is 1. The third-order valence-electron chi connectivity index (χ3n) is 5.41. The Kier molecular flexibility index (Phi) is 4.22. The minimum Gasteiger partial charge on any atom is -0.387 e. The Balaban J connectivity index is 1.27. The van der Waals surface area contributed by atoms with Gasteiger partial charge in [0.2, 0.25) is 0 Å². The van der Waals surface area contributed by atoms with Gasteiger partial charge in [0.25, 0.3) is 5.91 Å². The molecule has 2 aliphatic heterocycles. The van der Waals surface area contributed by atoms with Gasteiger partial charge in [0.15, 0.2) is 5.60 Å². The minimum atomic E-state index is -0.273. The molecule has 1 amide bonds. The van der Waals surface area contributed by atoms with Crippen molar-refractivity contribution in [1.82, 2.24) is 15.2 Å². The predicted molar refractivity (Wildman–Crippen MR) is 90.3 cm³/mol. The summed E-state index contributed by atoms with van der Waals surface area (Å²) in [5.74, 6) is 0.734. The molecule has 0 radical (unpaired) electrons. The van der Waals surface area contributed by atoms with E-state index in [2.05, 4.69) is 20.4 Å². The summed E-state index contributed by atoms with van der Waals surface area (Å²) in [6, 6.07) is 3.80. The van der Waals surface area contributed by atoms with Crippen LogP contribution >= 0.6 is 0 Å². The van der Waals surface area contributed by atoms with Gasteiger partial charge < -0.3 is 10.2 Å². The SMILES string of the molecule is O=C(NCc1cccnc1)C1=NOC2(CCN(CC3CCC3)C2)C1. The van der Waals surface area contributed by atoms with Gasteiger partial charge in [-0.25, -0.2) is 0 Å². The molecule has 1 aliphatic carbocycles. The summed E-state index contributed by atoms with van der Waals surface area (Å²) in [5.41, 5.74) is 1.22. The first-order valence-corrected chi connectivity index (χ1v) is 8.87. The van der Waals surface area contributed by atoms with E-state index in [0.717, 1.165) is 31.0 Å². The van der Waals surface area contributed by atoms with Crippen molar-refractivity contribution < 1.29 is 9.63 Å². The maximum atomic E-state index is 12.3. The summed E-state index contributed by atoms with van der Waals surface area (Å²) in [4.78, 5) is 24.6. The van der Waals surface area contributed by atoms with Crippen LogP contribution in [0.1, 0.15) is 37.7 Å². The van der Waals surface area contributed by atoms with Gasteiger partial charge >= 0.3 is 0 Å². The van der Waals surface area contributed by atoms with Crippen molar-refractivity contribution in [3.05, 3.63) is 30.1 Å². The van der Waals surface area contributed by atoms with Crippen molar-refractivity contribution in [1.29, 1.82) is 0 Å². The van der Waals surface area contributed by atoms with Gasteiger partial charge in [0.05, 0.1) is 0 Å². The van der Waals surface area contributed by atoms with Crippen molar-refractivity contribution in [3.63, 3.8) is 0 Å². The molecule has 4 rings (SSSR count). The van der Waals surface area contributed by atoms with Gasteiger partial charge in [-0.3, -0.25) is 14.7 Å². The van der Waals surface area contributed by atoms with Crippen molar-refractivity contribution in [2.75, 3.05) is 19.6 Å². The standard InChI is InChI=1S/C18H24N4O2/c23-17(20-11-15-5-2-7-19-10-15)16-9-18(24-21-16)6-8-22(13-18)12-14-3-1-4-14/h2,5,7,10,14H,1,3-4,6,8-9,11-13H2,(H,20,23). The summed E-state index contributed by atoms with van der Waals surface area (Å²) in [6.07, 6.45) is 9.16. The molecule has 128 valence electrons. The molecule has 1 aromatic heterocycles. The van der Waals surface area contributed by atoms with Gasteiger partial charge in [-0.05, 0) is 30.4 Å². The molecule has 24 heavy (non-hydrogen) atoms. The number of carbonyl (C=O) groups is 1. The van der Waals surface area contributed by atoms with E-state index in [4.69, 9.17) is 4.84 Å². The zero-order chi connectivity index (χ0) is 16.4. The lowest BCUT2D eigenvalue weighted by Crippen LogP contribution is -2.38. The van der Waals surface area contributed by atoms with E-state index in [-0.39, 0.29) is 11.5 Å². The van der Waals surface area contributed by atoms with Crippen LogP contribution in [-0.4, -0.2) is 46.7 Å². The molecule has 2 fully saturated rings. The third kappa shape index (κ3) is 3.29. The number of amides is 1. The second-order valence-electron chi connectivity index (χ2n) is 7.32. The summed E-state index contributed by atoms with van der Waals surface area (Å²) < 4.78 is 0. The average Bonchev–Trinajstić information content (AvgIpc) is 3.17. The highest BCUT2D eigenvalue weighted by Crippen LogP contribution is 2.36. The second kappa shape index (κ2) is 6.51. The van der Waals surface area contributed by atoms with Crippen LogP contribution < -0.4 is 5.32 Å². The maximum absolute atomic E-state index is 12.3. The maximum Gasteiger partial charge on any atom is 0.269 e. The highest BCUT2D eigenvalue weighted by Gasteiger charge is 2.46. The van der Waals surface area contributed by atoms with Crippen molar-refractivity contribution in [2.24, 2.45) is 11.1 Å². The molecule has 1 spiro atoms. The fraction of sp³-hybridized carbons (Fsp3) is 0.611. The largest absolute Gasteiger partial charge is 0.387 e. The molecule has 6 nitrogen and oxygen atoms in total. The van der Waals surface area contributed by atoms with E-state index in [1.807, 2.05) is 12.1 Å². The zero-order valence-electron chi connectivity index (χ0n) is 13.9. The monoisotopic (exact) mass is 328 g/mol. The van der Waals surface area contributed by atoms with Crippen LogP contribution in [0.25, 0.3) is 0 Å². The van der Waals surface area contributed by atoms with Gasteiger partial charge in [-0.1, -0.05) is 17.6 Å². The topological polar surface area (TPSA) is 66.8 Å². The number of rotatable bonds is 5. The molecule has 0 bridgehead atoms. The van der Waals surface area contributed by atoms with E-state index < -0.39 is 0 Å². The van der Waals surface area contributed by atoms with Crippen LogP contribution in [0.4, 0.5) is 0 Å². The number of nitrogens with zero attached hydrogens (tertiary/aromatic N) is 3. The third-order valence-corrected chi connectivity index (χ3v) is 5.41. The minimum absolute atomic E-state index is 0.131. The smallest absolute Gasteiger partial charge is 0.269 e. The number of carbonyl (C=O) groups excluding carboxylic acids is 1. The Bertz CT molecular complexity index is 629. The van der Waals surface area contributed by atoms with Crippen molar-refractivity contribution in [3.8, 4) is 0 Å². The Morgan fingerprint density at radius 3 is 3.12 bits per heavy atom. The quantitative estimate of drug-likeness (QED) is 0.894. The first-order chi connectivity index (χ1) is 11.7. The number of likely N-dealkylation sites (tertiary alicyclic amines) is 1.